The molecule has 3 saturated heterocycles. The van der Waals surface area contributed by atoms with Gasteiger partial charge >= 0.3 is 0 Å². The molecule has 4 atom stereocenters. The Balaban J connectivity index is 1.49. The average molecular weight is 388 g/mol. The minimum Gasteiger partial charge on any atom is -0.349 e. The van der Waals surface area contributed by atoms with Crippen LogP contribution in [0.25, 0.3) is 0 Å². The van der Waals surface area contributed by atoms with Crippen LogP contribution >= 0.6 is 0 Å². The first-order chi connectivity index (χ1) is 13.6. The summed E-state index contributed by atoms with van der Waals surface area (Å²) >= 11 is 0. The van der Waals surface area contributed by atoms with E-state index in [1.54, 1.807) is 10.7 Å². The standard InChI is InChI=1S/C21H33N5O2/c1-3-9-24-13-15-11-16(14-24)19(26-18(15)6-5-7-20(26)27)12-22-21(28)17-8-10-25(4-2)23-17/h8,10,15-16,18-19H,3-7,9,11-14H2,1-2H3,(H,22,28)/t15-,16-,18-,19-/m0/s1. The molecule has 1 aromatic heterocycles. The first-order valence-electron chi connectivity index (χ1n) is 11.0. The fraction of sp³-hybridized carbons (Fsp3) is 0.762. The van der Waals surface area contributed by atoms with E-state index in [1.165, 1.54) is 6.42 Å². The van der Waals surface area contributed by atoms with Crippen LogP contribution in [0, 0.1) is 11.8 Å². The van der Waals surface area contributed by atoms with Crippen molar-refractivity contribution in [3.8, 4) is 0 Å². The maximum Gasteiger partial charge on any atom is 0.271 e. The number of carbonyl (C=O) groups excluding carboxylic acids is 2. The molecular weight excluding hydrogens is 354 g/mol. The summed E-state index contributed by atoms with van der Waals surface area (Å²) in [5.41, 5.74) is 0.452. The zero-order valence-corrected chi connectivity index (χ0v) is 17.1. The largest absolute Gasteiger partial charge is 0.349 e. The molecule has 1 N–H and O–H groups in total. The summed E-state index contributed by atoms with van der Waals surface area (Å²) in [6.07, 6.45) is 6.93. The molecule has 0 aromatic carbocycles. The Morgan fingerprint density at radius 1 is 1.29 bits per heavy atom. The van der Waals surface area contributed by atoms with Crippen molar-refractivity contribution in [2.45, 2.75) is 64.6 Å². The number of carbonyl (C=O) groups is 2. The highest BCUT2D eigenvalue weighted by Crippen LogP contribution is 2.41. The lowest BCUT2D eigenvalue weighted by Crippen LogP contribution is -2.67. The van der Waals surface area contributed by atoms with Crippen LogP contribution < -0.4 is 5.32 Å². The summed E-state index contributed by atoms with van der Waals surface area (Å²) in [5, 5.41) is 7.39. The van der Waals surface area contributed by atoms with Crippen LogP contribution in [0.2, 0.25) is 0 Å². The predicted octanol–water partition coefficient (Wildman–Crippen LogP) is 1.74. The number of piperidine rings is 3. The van der Waals surface area contributed by atoms with Gasteiger partial charge in [-0.2, -0.15) is 5.10 Å². The lowest BCUT2D eigenvalue weighted by Gasteiger charge is -2.56. The number of likely N-dealkylation sites (tertiary alicyclic amines) is 1. The lowest BCUT2D eigenvalue weighted by molar-refractivity contribution is -0.152. The number of aryl methyl sites for hydroxylation is 1. The minimum absolute atomic E-state index is 0.103. The van der Waals surface area contributed by atoms with Gasteiger partial charge in [-0.15, -0.1) is 0 Å². The highest BCUT2D eigenvalue weighted by Gasteiger charge is 2.49. The Morgan fingerprint density at radius 3 is 2.86 bits per heavy atom. The maximum atomic E-state index is 12.8. The molecule has 0 unspecified atom stereocenters. The molecule has 7 heteroatoms. The van der Waals surface area contributed by atoms with Crippen molar-refractivity contribution in [1.82, 2.24) is 24.9 Å². The van der Waals surface area contributed by atoms with Crippen LogP contribution in [0.1, 0.15) is 56.4 Å². The highest BCUT2D eigenvalue weighted by molar-refractivity contribution is 5.92. The van der Waals surface area contributed by atoms with Crippen molar-refractivity contribution in [2.24, 2.45) is 11.8 Å². The molecule has 154 valence electrons. The van der Waals surface area contributed by atoms with Crippen molar-refractivity contribution in [3.05, 3.63) is 18.0 Å². The van der Waals surface area contributed by atoms with E-state index >= 15 is 0 Å². The smallest absolute Gasteiger partial charge is 0.271 e. The third-order valence-corrected chi connectivity index (χ3v) is 6.78. The van der Waals surface area contributed by atoms with E-state index in [4.69, 9.17) is 0 Å². The number of amides is 2. The summed E-state index contributed by atoms with van der Waals surface area (Å²) in [4.78, 5) is 30.2. The zero-order valence-electron chi connectivity index (χ0n) is 17.1. The van der Waals surface area contributed by atoms with E-state index in [0.29, 0.717) is 36.5 Å². The summed E-state index contributed by atoms with van der Waals surface area (Å²) < 4.78 is 1.76. The van der Waals surface area contributed by atoms with Gasteiger partial charge in [0.1, 0.15) is 5.69 Å². The molecule has 7 nitrogen and oxygen atoms in total. The number of nitrogens with one attached hydrogen (secondary N) is 1. The molecule has 3 aliphatic rings. The Morgan fingerprint density at radius 2 is 2.11 bits per heavy atom. The van der Waals surface area contributed by atoms with E-state index in [1.807, 2.05) is 13.1 Å². The second-order valence-corrected chi connectivity index (χ2v) is 8.61. The van der Waals surface area contributed by atoms with E-state index in [0.717, 1.165) is 45.4 Å². The van der Waals surface area contributed by atoms with E-state index < -0.39 is 0 Å². The Hall–Kier alpha value is -1.89. The second kappa shape index (κ2) is 8.23. The van der Waals surface area contributed by atoms with Crippen LogP contribution in [-0.4, -0.2) is 69.7 Å². The number of hydrogen-bond donors (Lipinski definition) is 1. The first kappa shape index (κ1) is 19.4. The summed E-state index contributed by atoms with van der Waals surface area (Å²) in [6, 6.07) is 2.21. The number of rotatable bonds is 6. The zero-order chi connectivity index (χ0) is 19.7. The van der Waals surface area contributed by atoms with Crippen LogP contribution in [-0.2, 0) is 11.3 Å². The summed E-state index contributed by atoms with van der Waals surface area (Å²) in [6.45, 7) is 8.78. The number of aromatic nitrogens is 2. The van der Waals surface area contributed by atoms with Gasteiger partial charge in [-0.3, -0.25) is 14.3 Å². The molecule has 3 aliphatic heterocycles. The maximum absolute atomic E-state index is 12.8. The monoisotopic (exact) mass is 387 g/mol. The van der Waals surface area contributed by atoms with E-state index in [2.05, 4.69) is 27.1 Å². The Kier molecular flexibility index (Phi) is 5.71. The molecule has 0 aliphatic carbocycles. The highest BCUT2D eigenvalue weighted by atomic mass is 16.2. The Labute approximate surface area is 167 Å². The van der Waals surface area contributed by atoms with Gasteiger partial charge < -0.3 is 15.1 Å². The number of fused-ring (bicyclic) bond motifs is 4. The molecule has 0 saturated carbocycles. The predicted molar refractivity (Wildman–Crippen MR) is 107 cm³/mol. The normalized spacial score (nSPS) is 30.2. The fourth-order valence-electron chi connectivity index (χ4n) is 5.58. The van der Waals surface area contributed by atoms with Gasteiger partial charge in [0.15, 0.2) is 0 Å². The average Bonchev–Trinajstić information content (AvgIpc) is 3.18. The summed E-state index contributed by atoms with van der Waals surface area (Å²) in [5.74, 6) is 1.17. The fourth-order valence-corrected chi connectivity index (χ4v) is 5.58. The van der Waals surface area contributed by atoms with Crippen molar-refractivity contribution in [1.29, 1.82) is 0 Å². The van der Waals surface area contributed by atoms with E-state index in [9.17, 15) is 9.59 Å². The van der Waals surface area contributed by atoms with Gasteiger partial charge in [-0.25, -0.2) is 0 Å². The van der Waals surface area contributed by atoms with Gasteiger partial charge in [-0.05, 0) is 57.1 Å². The first-order valence-corrected chi connectivity index (χ1v) is 11.0. The third kappa shape index (κ3) is 3.69. The Bertz CT molecular complexity index is 715. The minimum atomic E-state index is -0.142. The molecule has 2 amide bonds. The molecule has 1 aromatic rings. The summed E-state index contributed by atoms with van der Waals surface area (Å²) in [7, 11) is 0. The molecule has 4 heterocycles. The molecule has 4 rings (SSSR count). The molecule has 0 radical (unpaired) electrons. The van der Waals surface area contributed by atoms with Gasteiger partial charge in [0.25, 0.3) is 5.91 Å². The molecule has 2 bridgehead atoms. The second-order valence-electron chi connectivity index (χ2n) is 8.61. The van der Waals surface area contributed by atoms with Crippen LogP contribution in [0.5, 0.6) is 0 Å². The number of hydrogen-bond acceptors (Lipinski definition) is 4. The third-order valence-electron chi connectivity index (χ3n) is 6.78. The quantitative estimate of drug-likeness (QED) is 0.807. The molecular formula is C21H33N5O2. The van der Waals surface area contributed by atoms with Crippen molar-refractivity contribution < 1.29 is 9.59 Å². The number of nitrogens with zero attached hydrogens (tertiary/aromatic N) is 4. The van der Waals surface area contributed by atoms with Crippen LogP contribution in [0.3, 0.4) is 0 Å². The van der Waals surface area contributed by atoms with Gasteiger partial charge in [-0.1, -0.05) is 6.92 Å². The van der Waals surface area contributed by atoms with Crippen molar-refractivity contribution in [2.75, 3.05) is 26.2 Å². The molecule has 28 heavy (non-hydrogen) atoms. The van der Waals surface area contributed by atoms with Gasteiger partial charge in [0.2, 0.25) is 5.91 Å². The van der Waals surface area contributed by atoms with E-state index in [-0.39, 0.29) is 17.9 Å². The van der Waals surface area contributed by atoms with Crippen molar-refractivity contribution >= 4 is 11.8 Å². The van der Waals surface area contributed by atoms with Gasteiger partial charge in [0, 0.05) is 44.8 Å². The van der Waals surface area contributed by atoms with Crippen LogP contribution in [0.15, 0.2) is 12.3 Å². The van der Waals surface area contributed by atoms with Gasteiger partial charge in [0.05, 0.1) is 6.04 Å². The lowest BCUT2D eigenvalue weighted by atomic mass is 9.72. The van der Waals surface area contributed by atoms with Crippen LogP contribution in [0.4, 0.5) is 0 Å². The topological polar surface area (TPSA) is 70.5 Å². The molecule has 3 fully saturated rings. The van der Waals surface area contributed by atoms with Crippen molar-refractivity contribution in [3.63, 3.8) is 0 Å². The SMILES string of the molecule is CCCN1C[C@@H]2C[C@@H](C1)[C@H](CNC(=O)c1ccn(CC)n1)N1C(=O)CCC[C@@H]21. The molecule has 0 spiro atoms.